The van der Waals surface area contributed by atoms with Crippen molar-refractivity contribution in [2.45, 2.75) is 0 Å². The van der Waals surface area contributed by atoms with Crippen LogP contribution < -0.4 is 10.2 Å². The number of rotatable bonds is 0. The lowest BCUT2D eigenvalue weighted by Gasteiger charge is -1.98. The van der Waals surface area contributed by atoms with Crippen LogP contribution in [-0.2, 0) is 0 Å². The van der Waals surface area contributed by atoms with E-state index >= 15 is 0 Å². The number of nitrogens with one attached hydrogen (secondary N) is 4. The summed E-state index contributed by atoms with van der Waals surface area (Å²) in [5, 5.41) is 28.2. The average Bonchev–Trinajstić information content (AvgIpc) is 1.63. The number of aromatic amines is 4. The maximum Gasteiger partial charge on any atom is 0.164 e. The van der Waals surface area contributed by atoms with Gasteiger partial charge in [-0.2, -0.15) is 0 Å². The molecule has 0 fully saturated rings. The first-order valence-corrected chi connectivity index (χ1v) is 30.2. The molecule has 0 radical (unpaired) electrons. The van der Waals surface area contributed by atoms with Crippen LogP contribution >= 0.6 is 0 Å². The van der Waals surface area contributed by atoms with E-state index in [-0.39, 0.29) is 11.5 Å². The van der Waals surface area contributed by atoms with Gasteiger partial charge in [-0.05, 0) is 0 Å². The van der Waals surface area contributed by atoms with E-state index in [0.717, 1.165) is 87.6 Å². The minimum atomic E-state index is 0.0718. The second-order valence-electron chi connectivity index (χ2n) is 22.2. The molecule has 18 heteroatoms. The number of fused-ring (bicyclic) bond motifs is 40. The van der Waals surface area contributed by atoms with Crippen LogP contribution in [0.5, 0.6) is 11.5 Å². The molecule has 16 bridgehead atoms. The van der Waals surface area contributed by atoms with Gasteiger partial charge in [0.1, 0.15) is 45.2 Å². The highest BCUT2D eigenvalue weighted by Crippen LogP contribution is 2.40. The molecule has 10 aromatic carbocycles. The summed E-state index contributed by atoms with van der Waals surface area (Å²) < 4.78 is 0. The minimum Gasteiger partial charge on any atom is -0.872 e. The molecular formula is C76H46N16O2-2. The largest absolute Gasteiger partial charge is 0.872 e. The molecule has 0 amide bonds. The third kappa shape index (κ3) is 9.88. The average molecular weight is 1220 g/mol. The molecule has 4 N–H and O–H groups in total. The van der Waals surface area contributed by atoms with E-state index in [0.29, 0.717) is 91.8 Å². The van der Waals surface area contributed by atoms with Crippen molar-refractivity contribution >= 4 is 88.3 Å². The van der Waals surface area contributed by atoms with Crippen LogP contribution in [0.25, 0.3) is 179 Å². The Morgan fingerprint density at radius 2 is 0.298 bits per heavy atom. The van der Waals surface area contributed by atoms with E-state index in [1.54, 1.807) is 24.3 Å². The Morgan fingerprint density at radius 1 is 0.160 bits per heavy atom. The van der Waals surface area contributed by atoms with Gasteiger partial charge in [0.2, 0.25) is 0 Å². The first kappa shape index (κ1) is 54.7. The quantitative estimate of drug-likeness (QED) is 0.110. The molecule has 4 aliphatic heterocycles. The summed E-state index contributed by atoms with van der Waals surface area (Å²) in [5.74, 6) is 4.92. The molecule has 94 heavy (non-hydrogen) atoms. The Kier molecular flexibility index (Phi) is 13.3. The number of benzene rings is 10. The van der Waals surface area contributed by atoms with Crippen molar-refractivity contribution in [3.63, 3.8) is 0 Å². The summed E-state index contributed by atoms with van der Waals surface area (Å²) in [4.78, 5) is 73.5. The molecule has 0 unspecified atom stereocenters. The van der Waals surface area contributed by atoms with Crippen molar-refractivity contribution in [3.8, 4) is 103 Å². The summed E-state index contributed by atoms with van der Waals surface area (Å²) in [7, 11) is 0. The summed E-state index contributed by atoms with van der Waals surface area (Å²) in [5.41, 5.74) is 12.9. The van der Waals surface area contributed by atoms with E-state index < -0.39 is 0 Å². The third-order valence-corrected chi connectivity index (χ3v) is 16.4. The van der Waals surface area contributed by atoms with Crippen LogP contribution in [-0.4, -0.2) is 79.7 Å². The van der Waals surface area contributed by atoms with Crippen LogP contribution in [0.4, 0.5) is 0 Å². The molecule has 0 saturated carbocycles. The van der Waals surface area contributed by atoms with Crippen LogP contribution in [0.3, 0.4) is 0 Å². The molecule has 16 aromatic rings. The molecule has 20 rings (SSSR count). The van der Waals surface area contributed by atoms with Crippen molar-refractivity contribution < 1.29 is 10.2 Å². The highest BCUT2D eigenvalue weighted by atomic mass is 16.3. The van der Waals surface area contributed by atoms with E-state index in [1.165, 1.54) is 24.3 Å². The zero-order valence-electron chi connectivity index (χ0n) is 49.4. The molecule has 0 aliphatic carbocycles. The fourth-order valence-electron chi connectivity index (χ4n) is 12.0. The smallest absolute Gasteiger partial charge is 0.164 e. The van der Waals surface area contributed by atoms with E-state index in [4.69, 9.17) is 59.8 Å². The highest BCUT2D eigenvalue weighted by Gasteiger charge is 2.24. The van der Waals surface area contributed by atoms with Gasteiger partial charge in [-0.3, -0.25) is 0 Å². The molecular weight excluding hydrogens is 1170 g/mol. The molecule has 0 spiro atoms. The van der Waals surface area contributed by atoms with Crippen LogP contribution in [0.2, 0.25) is 0 Å². The second kappa shape index (κ2) is 22.8. The van der Waals surface area contributed by atoms with Crippen molar-refractivity contribution in [3.05, 3.63) is 255 Å². The lowest BCUT2D eigenvalue weighted by Crippen LogP contribution is -1.85. The number of nitrogens with zero attached hydrogens (tertiary/aromatic N) is 12. The lowest BCUT2D eigenvalue weighted by atomic mass is 10.1. The lowest BCUT2D eigenvalue weighted by molar-refractivity contribution is -0.269. The summed E-state index contributed by atoms with van der Waals surface area (Å²) >= 11 is 0. The number of para-hydroxylation sites is 2. The standard InChI is InChI=1S/2C32H18N8.2C6H6O/c2*1-2-10-18-17(9-1)25-33-26(18)38-28-21-13-5-6-14-22(21)30(35-28)40-32-24-16-8-7-15-23(24)31(36-32)39-29-20-12-4-3-11-19(20)27(34-29)37-25;2*7-6-4-2-1-3-5-6/h2*1-16H,(H2,33,34,35,36,37,38,39,40);2*1-5,7H/p-2. The number of hydrogen-bond acceptors (Lipinski definition) is 14. The van der Waals surface area contributed by atoms with Crippen LogP contribution in [0.15, 0.2) is 255 Å². The first-order valence-electron chi connectivity index (χ1n) is 30.2. The molecule has 0 atom stereocenters. The van der Waals surface area contributed by atoms with E-state index in [2.05, 4.69) is 19.9 Å². The van der Waals surface area contributed by atoms with Gasteiger partial charge in [0.25, 0.3) is 0 Å². The Hall–Kier alpha value is -13.5. The summed E-state index contributed by atoms with van der Waals surface area (Å²) in [6.45, 7) is 0. The van der Waals surface area contributed by atoms with E-state index in [1.807, 2.05) is 206 Å². The molecule has 6 aromatic heterocycles. The topological polar surface area (TPSA) is 264 Å². The molecule has 10 heterocycles. The molecule has 18 nitrogen and oxygen atoms in total. The van der Waals surface area contributed by atoms with E-state index in [9.17, 15) is 10.2 Å². The van der Waals surface area contributed by atoms with Gasteiger partial charge in [-0.1, -0.05) is 255 Å². The van der Waals surface area contributed by atoms with Gasteiger partial charge in [0, 0.05) is 87.6 Å². The second-order valence-corrected chi connectivity index (χ2v) is 22.2. The molecule has 4 aliphatic rings. The van der Waals surface area contributed by atoms with Crippen LogP contribution in [0.1, 0.15) is 0 Å². The monoisotopic (exact) mass is 1210 g/mol. The Bertz CT molecular complexity index is 5050. The maximum atomic E-state index is 10.3. The van der Waals surface area contributed by atoms with Crippen molar-refractivity contribution in [2.24, 2.45) is 0 Å². The van der Waals surface area contributed by atoms with Gasteiger partial charge < -0.3 is 30.1 Å². The SMILES string of the molecule is [O-]c1ccccc1.[O-]c1ccccc1.c1ccc2c(c1)-c1nc-2nc2[nH]c(nc3nc(nc4[nH]c(n1)c1ccccc41)-c1ccccc1-3)c1ccccc21.c1ccc2c(c1)-c1nc-2nc2[nH]c(nc3nc(nc4[nH]c(n1)c1ccccc41)-c1ccccc1-3)c1ccccc21. The third-order valence-electron chi connectivity index (χ3n) is 16.4. The van der Waals surface area contributed by atoms with Gasteiger partial charge in [-0.15, -0.1) is 11.5 Å². The number of hydrogen-bond donors (Lipinski definition) is 4. The Morgan fingerprint density at radius 3 is 0.436 bits per heavy atom. The number of H-pyrrole nitrogens is 4. The van der Waals surface area contributed by atoms with Crippen molar-refractivity contribution in [2.75, 3.05) is 0 Å². The Labute approximate surface area is 533 Å². The normalized spacial score (nSPS) is 11.5. The zero-order chi connectivity index (χ0) is 62.6. The summed E-state index contributed by atoms with van der Waals surface area (Å²) in [6, 6.07) is 81.1. The zero-order valence-corrected chi connectivity index (χ0v) is 49.4. The first-order chi connectivity index (χ1) is 46.4. The van der Waals surface area contributed by atoms with Crippen LogP contribution in [0, 0.1) is 0 Å². The van der Waals surface area contributed by atoms with Gasteiger partial charge >= 0.3 is 0 Å². The summed E-state index contributed by atoms with van der Waals surface area (Å²) in [6.07, 6.45) is 0. The van der Waals surface area contributed by atoms with Gasteiger partial charge in [0.05, 0.1) is 0 Å². The predicted molar refractivity (Wildman–Crippen MR) is 364 cm³/mol. The fraction of sp³-hybridized carbons (Fsp3) is 0. The van der Waals surface area contributed by atoms with Crippen molar-refractivity contribution in [1.82, 2.24) is 79.7 Å². The van der Waals surface area contributed by atoms with Gasteiger partial charge in [0.15, 0.2) is 46.6 Å². The fourth-order valence-corrected chi connectivity index (χ4v) is 12.0. The minimum absolute atomic E-state index is 0.0718. The molecule has 0 saturated heterocycles. The predicted octanol–water partition coefficient (Wildman–Crippen LogP) is 15.3. The number of aromatic nitrogens is 16. The molecule has 444 valence electrons. The Balaban J connectivity index is 0.000000118. The maximum absolute atomic E-state index is 10.3. The van der Waals surface area contributed by atoms with Gasteiger partial charge in [-0.25, -0.2) is 59.8 Å². The highest BCUT2D eigenvalue weighted by molar-refractivity contribution is 6.08. The van der Waals surface area contributed by atoms with Crippen molar-refractivity contribution in [1.29, 1.82) is 0 Å².